The first-order valence-electron chi connectivity index (χ1n) is 19.0. The first-order chi connectivity index (χ1) is 27.7. The molecular formula is C52H31N3S. The van der Waals surface area contributed by atoms with Gasteiger partial charge in [-0.05, 0) is 92.0 Å². The third-order valence-corrected chi connectivity index (χ3v) is 12.9. The van der Waals surface area contributed by atoms with Crippen molar-refractivity contribution in [1.82, 2.24) is 15.0 Å². The molecule has 2 heterocycles. The van der Waals surface area contributed by atoms with Crippen LogP contribution in [0.4, 0.5) is 0 Å². The van der Waals surface area contributed by atoms with Crippen molar-refractivity contribution in [2.24, 2.45) is 0 Å². The van der Waals surface area contributed by atoms with Crippen LogP contribution in [-0.2, 0) is 5.41 Å². The van der Waals surface area contributed by atoms with Gasteiger partial charge in [-0.1, -0.05) is 152 Å². The molecule has 56 heavy (non-hydrogen) atoms. The highest BCUT2D eigenvalue weighted by Crippen LogP contribution is 2.63. The van der Waals surface area contributed by atoms with E-state index in [9.17, 15) is 0 Å². The summed E-state index contributed by atoms with van der Waals surface area (Å²) in [6.45, 7) is 0. The van der Waals surface area contributed by atoms with E-state index in [-0.39, 0.29) is 5.41 Å². The number of thiophene rings is 1. The van der Waals surface area contributed by atoms with Gasteiger partial charge >= 0.3 is 0 Å². The van der Waals surface area contributed by atoms with Crippen molar-refractivity contribution in [3.05, 3.63) is 210 Å². The molecule has 2 aliphatic rings. The molecule has 8 aromatic carbocycles. The third kappa shape index (κ3) is 4.48. The average Bonchev–Trinajstić information content (AvgIpc) is 3.90. The van der Waals surface area contributed by atoms with E-state index in [1.54, 1.807) is 0 Å². The van der Waals surface area contributed by atoms with E-state index >= 15 is 0 Å². The maximum atomic E-state index is 5.17. The summed E-state index contributed by atoms with van der Waals surface area (Å²) in [6.07, 6.45) is 0. The van der Waals surface area contributed by atoms with Gasteiger partial charge in [-0.3, -0.25) is 0 Å². The number of rotatable bonds is 4. The number of aromatic nitrogens is 3. The summed E-state index contributed by atoms with van der Waals surface area (Å²) < 4.78 is 2.53. The third-order valence-electron chi connectivity index (χ3n) is 11.8. The van der Waals surface area contributed by atoms with E-state index in [2.05, 4.69) is 170 Å². The molecule has 2 aromatic heterocycles. The largest absolute Gasteiger partial charge is 0.208 e. The van der Waals surface area contributed by atoms with Crippen LogP contribution < -0.4 is 0 Å². The normalized spacial score (nSPS) is 13.1. The van der Waals surface area contributed by atoms with E-state index in [0.29, 0.717) is 17.5 Å². The Labute approximate surface area is 328 Å². The first kappa shape index (κ1) is 31.4. The number of nitrogens with zero attached hydrogens (tertiary/aromatic N) is 3. The van der Waals surface area contributed by atoms with Gasteiger partial charge in [0.2, 0.25) is 0 Å². The second-order valence-corrected chi connectivity index (χ2v) is 15.8. The number of benzene rings is 8. The molecule has 0 fully saturated rings. The van der Waals surface area contributed by atoms with Crippen LogP contribution in [0.3, 0.4) is 0 Å². The first-order valence-corrected chi connectivity index (χ1v) is 19.8. The minimum absolute atomic E-state index is 0.354. The van der Waals surface area contributed by atoms with Crippen LogP contribution in [0, 0.1) is 0 Å². The number of fused-ring (bicyclic) bond motifs is 13. The summed E-state index contributed by atoms with van der Waals surface area (Å²) in [5, 5.41) is 2.47. The van der Waals surface area contributed by atoms with Crippen LogP contribution in [0.1, 0.15) is 22.3 Å². The van der Waals surface area contributed by atoms with E-state index in [0.717, 1.165) is 27.8 Å². The zero-order valence-corrected chi connectivity index (χ0v) is 31.0. The summed E-state index contributed by atoms with van der Waals surface area (Å²) in [4.78, 5) is 15.3. The molecule has 3 nitrogen and oxygen atoms in total. The second-order valence-electron chi connectivity index (χ2n) is 14.7. The summed E-state index contributed by atoms with van der Waals surface area (Å²) in [6, 6.07) is 67.9. The molecule has 0 amide bonds. The molecule has 0 saturated carbocycles. The topological polar surface area (TPSA) is 38.7 Å². The summed E-state index contributed by atoms with van der Waals surface area (Å²) >= 11 is 1.81. The fraction of sp³-hybridized carbons (Fsp3) is 0.0192. The van der Waals surface area contributed by atoms with Crippen molar-refractivity contribution in [2.75, 3.05) is 0 Å². The van der Waals surface area contributed by atoms with E-state index in [1.807, 2.05) is 29.5 Å². The zero-order chi connectivity index (χ0) is 36.8. The molecule has 0 saturated heterocycles. The molecule has 260 valence electrons. The standard InChI is InChI=1S/C52H31N3S/c1-2-13-32(14-3-1)49-53-50(55-51(54-49)36-26-28-48-42(31-36)40-20-7-11-24-47(40)56-48)35-16-12-15-33(29-35)34-25-27-46-41(30-34)39-19-6-10-23-45(39)52(46)43-21-8-4-17-37(43)38-18-5-9-22-44(38)52/h1-31H. The van der Waals surface area contributed by atoms with Crippen molar-refractivity contribution in [3.8, 4) is 67.5 Å². The monoisotopic (exact) mass is 729 g/mol. The number of hydrogen-bond acceptors (Lipinski definition) is 4. The SMILES string of the molecule is c1ccc(-c2nc(-c3cccc(-c4ccc5c(c4)-c4ccccc4C54c5ccccc5-c5ccccc54)c3)nc(-c3ccc4sc5ccccc5c4c3)n2)cc1. The Hall–Kier alpha value is -7.01. The summed E-state index contributed by atoms with van der Waals surface area (Å²) in [5.74, 6) is 1.96. The predicted octanol–water partition coefficient (Wildman–Crippen LogP) is 13.3. The molecule has 12 rings (SSSR count). The molecule has 10 aromatic rings. The maximum Gasteiger partial charge on any atom is 0.164 e. The molecule has 0 aliphatic heterocycles. The van der Waals surface area contributed by atoms with Crippen LogP contribution in [-0.4, -0.2) is 15.0 Å². The van der Waals surface area contributed by atoms with Gasteiger partial charge in [-0.25, -0.2) is 15.0 Å². The van der Waals surface area contributed by atoms with Gasteiger partial charge in [0.15, 0.2) is 17.5 Å². The van der Waals surface area contributed by atoms with Crippen LogP contribution >= 0.6 is 11.3 Å². The Kier molecular flexibility index (Phi) is 6.72. The minimum atomic E-state index is -0.354. The van der Waals surface area contributed by atoms with E-state index in [1.165, 1.54) is 64.7 Å². The van der Waals surface area contributed by atoms with Crippen molar-refractivity contribution < 1.29 is 0 Å². The molecule has 0 N–H and O–H groups in total. The van der Waals surface area contributed by atoms with Gasteiger partial charge in [0.05, 0.1) is 5.41 Å². The summed E-state index contributed by atoms with van der Waals surface area (Å²) in [5.41, 5.74) is 15.4. The minimum Gasteiger partial charge on any atom is -0.208 e. The van der Waals surface area contributed by atoms with Crippen LogP contribution in [0.15, 0.2) is 188 Å². The highest BCUT2D eigenvalue weighted by molar-refractivity contribution is 7.25. The van der Waals surface area contributed by atoms with Crippen LogP contribution in [0.5, 0.6) is 0 Å². The lowest BCUT2D eigenvalue weighted by Gasteiger charge is -2.30. The molecule has 2 aliphatic carbocycles. The van der Waals surface area contributed by atoms with Crippen molar-refractivity contribution >= 4 is 31.5 Å². The fourth-order valence-corrected chi connectivity index (χ4v) is 10.4. The Balaban J connectivity index is 1.01. The second kappa shape index (κ2) is 12.0. The van der Waals surface area contributed by atoms with Crippen LogP contribution in [0.25, 0.3) is 87.7 Å². The van der Waals surface area contributed by atoms with Gasteiger partial charge in [0.25, 0.3) is 0 Å². The molecule has 0 unspecified atom stereocenters. The maximum absolute atomic E-state index is 5.17. The lowest BCUT2D eigenvalue weighted by atomic mass is 9.70. The Morgan fingerprint density at radius 3 is 1.50 bits per heavy atom. The molecule has 1 spiro atoms. The van der Waals surface area contributed by atoms with E-state index in [4.69, 9.17) is 15.0 Å². The quantitative estimate of drug-likeness (QED) is 0.181. The lowest BCUT2D eigenvalue weighted by Crippen LogP contribution is -2.25. The molecule has 0 radical (unpaired) electrons. The summed E-state index contributed by atoms with van der Waals surface area (Å²) in [7, 11) is 0. The average molecular weight is 730 g/mol. The number of hydrogen-bond donors (Lipinski definition) is 0. The zero-order valence-electron chi connectivity index (χ0n) is 30.1. The fourth-order valence-electron chi connectivity index (χ4n) is 9.33. The highest BCUT2D eigenvalue weighted by atomic mass is 32.1. The van der Waals surface area contributed by atoms with Gasteiger partial charge < -0.3 is 0 Å². The molecule has 0 atom stereocenters. The molecule has 4 heteroatoms. The van der Waals surface area contributed by atoms with Gasteiger partial charge in [0, 0.05) is 36.9 Å². The smallest absolute Gasteiger partial charge is 0.164 e. The predicted molar refractivity (Wildman–Crippen MR) is 231 cm³/mol. The van der Waals surface area contributed by atoms with Crippen molar-refractivity contribution in [2.45, 2.75) is 5.41 Å². The Morgan fingerprint density at radius 2 is 0.786 bits per heavy atom. The molecular weight excluding hydrogens is 699 g/mol. The van der Waals surface area contributed by atoms with Gasteiger partial charge in [-0.15, -0.1) is 11.3 Å². The van der Waals surface area contributed by atoms with Crippen molar-refractivity contribution in [3.63, 3.8) is 0 Å². The Morgan fingerprint density at radius 1 is 0.304 bits per heavy atom. The van der Waals surface area contributed by atoms with Gasteiger partial charge in [-0.2, -0.15) is 0 Å². The van der Waals surface area contributed by atoms with Crippen LogP contribution in [0.2, 0.25) is 0 Å². The highest BCUT2D eigenvalue weighted by Gasteiger charge is 2.51. The van der Waals surface area contributed by atoms with Gasteiger partial charge in [0.1, 0.15) is 0 Å². The lowest BCUT2D eigenvalue weighted by molar-refractivity contribution is 0.794. The van der Waals surface area contributed by atoms with E-state index < -0.39 is 0 Å². The molecule has 0 bridgehead atoms. The Bertz CT molecular complexity index is 3170. The van der Waals surface area contributed by atoms with Crippen molar-refractivity contribution in [1.29, 1.82) is 0 Å².